The molecule has 0 fully saturated rings. The van der Waals surface area contributed by atoms with Crippen LogP contribution in [-0.2, 0) is 0 Å². The monoisotopic (exact) mass is 306 g/mol. The summed E-state index contributed by atoms with van der Waals surface area (Å²) in [6.07, 6.45) is 0. The van der Waals surface area contributed by atoms with E-state index in [0.717, 1.165) is 11.1 Å². The van der Waals surface area contributed by atoms with Crippen LogP contribution in [0.3, 0.4) is 0 Å². The Balaban J connectivity index is 2.51. The largest absolute Gasteiger partial charge is 0.288 e. The van der Waals surface area contributed by atoms with Crippen molar-refractivity contribution in [1.82, 2.24) is 0 Å². The number of carbonyl (C=O) groups excluding carboxylic acids is 1. The molecule has 2 aromatic rings. The molecule has 2 rings (SSSR count). The third kappa shape index (κ3) is 2.97. The Bertz CT molecular complexity index is 626. The molecule has 1 aromatic heterocycles. The number of hydrogen-bond donors (Lipinski definition) is 0. The second-order valence-corrected chi connectivity index (χ2v) is 6.91. The van der Waals surface area contributed by atoms with Gasteiger partial charge in [0.15, 0.2) is 0 Å². The zero-order valence-electron chi connectivity index (χ0n) is 12.2. The summed E-state index contributed by atoms with van der Waals surface area (Å²) in [4.78, 5) is 13.3. The van der Waals surface area contributed by atoms with Gasteiger partial charge in [-0.1, -0.05) is 57.5 Å². The number of thiophene rings is 1. The average molecular weight is 307 g/mol. The van der Waals surface area contributed by atoms with Gasteiger partial charge in [-0.25, -0.2) is 0 Å². The van der Waals surface area contributed by atoms with E-state index in [1.54, 1.807) is 6.07 Å². The minimum atomic E-state index is 0.0315. The number of benzene rings is 1. The quantitative estimate of drug-likeness (QED) is 0.645. The molecule has 0 saturated heterocycles. The van der Waals surface area contributed by atoms with E-state index >= 15 is 0 Å². The molecule has 20 heavy (non-hydrogen) atoms. The molecular weight excluding hydrogens is 288 g/mol. The van der Waals surface area contributed by atoms with E-state index in [1.165, 1.54) is 16.9 Å². The summed E-state index contributed by atoms with van der Waals surface area (Å²) < 4.78 is 0. The van der Waals surface area contributed by atoms with Gasteiger partial charge >= 0.3 is 0 Å². The molecule has 0 amide bonds. The lowest BCUT2D eigenvalue weighted by atomic mass is 9.89. The molecule has 0 radical (unpaired) electrons. The third-order valence-electron chi connectivity index (χ3n) is 3.43. The van der Waals surface area contributed by atoms with Crippen molar-refractivity contribution in [2.45, 2.75) is 39.5 Å². The molecule has 1 heterocycles. The molecule has 0 saturated carbocycles. The fourth-order valence-corrected chi connectivity index (χ4v) is 3.30. The van der Waals surface area contributed by atoms with Gasteiger partial charge in [-0.3, -0.25) is 4.79 Å². The Morgan fingerprint density at radius 2 is 1.80 bits per heavy atom. The number of rotatable bonds is 4. The summed E-state index contributed by atoms with van der Waals surface area (Å²) in [5.74, 6) is 0.803. The zero-order valence-corrected chi connectivity index (χ0v) is 13.8. The molecule has 0 unspecified atom stereocenters. The van der Waals surface area contributed by atoms with Gasteiger partial charge in [0, 0.05) is 5.56 Å². The molecule has 0 N–H and O–H groups in total. The van der Waals surface area contributed by atoms with Crippen LogP contribution in [0.4, 0.5) is 0 Å². The molecule has 0 aliphatic heterocycles. The van der Waals surface area contributed by atoms with Crippen molar-refractivity contribution in [1.29, 1.82) is 0 Å². The highest BCUT2D eigenvalue weighted by Gasteiger charge is 2.19. The van der Waals surface area contributed by atoms with Crippen molar-refractivity contribution in [3.63, 3.8) is 0 Å². The maximum atomic E-state index is 12.7. The Kier molecular flexibility index (Phi) is 4.66. The minimum absolute atomic E-state index is 0.0315. The summed E-state index contributed by atoms with van der Waals surface area (Å²) in [5, 5.41) is 2.40. The molecule has 106 valence electrons. The van der Waals surface area contributed by atoms with Crippen molar-refractivity contribution in [2.24, 2.45) is 0 Å². The van der Waals surface area contributed by atoms with Crippen LogP contribution in [0, 0.1) is 0 Å². The Morgan fingerprint density at radius 1 is 1.10 bits per heavy atom. The van der Waals surface area contributed by atoms with Crippen LogP contribution in [-0.4, -0.2) is 5.78 Å². The Morgan fingerprint density at radius 3 is 2.30 bits per heavy atom. The van der Waals surface area contributed by atoms with Crippen LogP contribution in [0.15, 0.2) is 29.6 Å². The minimum Gasteiger partial charge on any atom is -0.288 e. The van der Waals surface area contributed by atoms with Crippen molar-refractivity contribution in [3.8, 4) is 0 Å². The van der Waals surface area contributed by atoms with E-state index in [4.69, 9.17) is 11.6 Å². The summed E-state index contributed by atoms with van der Waals surface area (Å²) >= 11 is 7.49. The predicted octanol–water partition coefficient (Wildman–Crippen LogP) is 5.88. The van der Waals surface area contributed by atoms with Crippen LogP contribution in [0.1, 0.15) is 65.9 Å². The molecular formula is C17H19ClOS. The lowest BCUT2D eigenvalue weighted by Gasteiger charge is -2.15. The highest BCUT2D eigenvalue weighted by molar-refractivity contribution is 7.13. The number of halogens is 1. The molecule has 0 atom stereocenters. The van der Waals surface area contributed by atoms with Crippen LogP contribution in [0.5, 0.6) is 0 Å². The van der Waals surface area contributed by atoms with E-state index < -0.39 is 0 Å². The van der Waals surface area contributed by atoms with Crippen molar-refractivity contribution < 1.29 is 4.79 Å². The maximum absolute atomic E-state index is 12.7. The van der Waals surface area contributed by atoms with Crippen molar-refractivity contribution >= 4 is 28.7 Å². The topological polar surface area (TPSA) is 17.1 Å². The molecule has 0 aliphatic rings. The molecule has 0 bridgehead atoms. The van der Waals surface area contributed by atoms with Gasteiger partial charge in [0.05, 0.1) is 9.90 Å². The van der Waals surface area contributed by atoms with Gasteiger partial charge in [0.1, 0.15) is 0 Å². The highest BCUT2D eigenvalue weighted by Crippen LogP contribution is 2.30. The maximum Gasteiger partial charge on any atom is 0.204 e. The fourth-order valence-electron chi connectivity index (χ4n) is 2.20. The SMILES string of the molecule is CC(C)c1ccc(C(=O)c2sccc2Cl)c(C(C)C)c1. The van der Waals surface area contributed by atoms with E-state index in [1.807, 2.05) is 17.5 Å². The Hall–Kier alpha value is -1.12. The highest BCUT2D eigenvalue weighted by atomic mass is 35.5. The van der Waals surface area contributed by atoms with Gasteiger partial charge in [0.2, 0.25) is 5.78 Å². The van der Waals surface area contributed by atoms with Gasteiger partial charge < -0.3 is 0 Å². The summed E-state index contributed by atoms with van der Waals surface area (Å²) in [6, 6.07) is 7.93. The van der Waals surface area contributed by atoms with Gasteiger partial charge in [-0.05, 0) is 34.4 Å². The normalized spacial score (nSPS) is 11.3. The average Bonchev–Trinajstić information content (AvgIpc) is 2.83. The van der Waals surface area contributed by atoms with Crippen LogP contribution < -0.4 is 0 Å². The lowest BCUT2D eigenvalue weighted by Crippen LogP contribution is -2.07. The van der Waals surface area contributed by atoms with E-state index in [2.05, 4.69) is 33.8 Å². The first-order valence-corrected chi connectivity index (χ1v) is 8.09. The molecule has 0 aliphatic carbocycles. The summed E-state index contributed by atoms with van der Waals surface area (Å²) in [5.41, 5.74) is 3.14. The van der Waals surface area contributed by atoms with Crippen molar-refractivity contribution in [2.75, 3.05) is 0 Å². The van der Waals surface area contributed by atoms with Crippen LogP contribution >= 0.6 is 22.9 Å². The lowest BCUT2D eigenvalue weighted by molar-refractivity contribution is 0.104. The van der Waals surface area contributed by atoms with Gasteiger partial charge in [0.25, 0.3) is 0 Å². The second kappa shape index (κ2) is 6.11. The number of hydrogen-bond acceptors (Lipinski definition) is 2. The first-order chi connectivity index (χ1) is 9.41. The Labute approximate surface area is 129 Å². The molecule has 3 heteroatoms. The second-order valence-electron chi connectivity index (χ2n) is 5.58. The molecule has 0 spiro atoms. The van der Waals surface area contributed by atoms with Crippen molar-refractivity contribution in [3.05, 3.63) is 56.2 Å². The fraction of sp³-hybridized carbons (Fsp3) is 0.353. The molecule has 1 nitrogen and oxygen atoms in total. The van der Waals surface area contributed by atoms with Gasteiger partial charge in [-0.15, -0.1) is 11.3 Å². The number of carbonyl (C=O) groups is 1. The first-order valence-electron chi connectivity index (χ1n) is 6.83. The van der Waals surface area contributed by atoms with E-state index in [0.29, 0.717) is 21.7 Å². The summed E-state index contributed by atoms with van der Waals surface area (Å²) in [7, 11) is 0. The van der Waals surface area contributed by atoms with Gasteiger partial charge in [-0.2, -0.15) is 0 Å². The van der Waals surface area contributed by atoms with E-state index in [9.17, 15) is 4.79 Å². The smallest absolute Gasteiger partial charge is 0.204 e. The predicted molar refractivity (Wildman–Crippen MR) is 87.4 cm³/mol. The standard InChI is InChI=1S/C17H19ClOS/c1-10(2)12-5-6-13(14(9-12)11(3)4)16(19)17-15(18)7-8-20-17/h5-11H,1-4H3. The number of ketones is 1. The van der Waals surface area contributed by atoms with E-state index in [-0.39, 0.29) is 5.78 Å². The molecule has 1 aromatic carbocycles. The third-order valence-corrected chi connectivity index (χ3v) is 4.77. The zero-order chi connectivity index (χ0) is 14.9. The first kappa shape index (κ1) is 15.3. The van der Waals surface area contributed by atoms with Crippen LogP contribution in [0.2, 0.25) is 5.02 Å². The summed E-state index contributed by atoms with van der Waals surface area (Å²) in [6.45, 7) is 8.56. The van der Waals surface area contributed by atoms with Crippen LogP contribution in [0.25, 0.3) is 0 Å².